The molecule has 2 aromatic carbocycles. The zero-order valence-electron chi connectivity index (χ0n) is 21.0. The van der Waals surface area contributed by atoms with Gasteiger partial charge >= 0.3 is 0 Å². The van der Waals surface area contributed by atoms with Gasteiger partial charge in [0.25, 0.3) is 0 Å². The quantitative estimate of drug-likeness (QED) is 0.322. The van der Waals surface area contributed by atoms with Crippen LogP contribution in [-0.4, -0.2) is 27.5 Å². The molecule has 196 valence electrons. The number of rotatable bonds is 7. The molecule has 0 unspecified atom stereocenters. The van der Waals surface area contributed by atoms with Crippen LogP contribution >= 0.6 is 11.6 Å². The van der Waals surface area contributed by atoms with Gasteiger partial charge in [0, 0.05) is 41.4 Å². The Labute approximate surface area is 226 Å². The molecule has 8 heteroatoms. The number of halogens is 3. The van der Waals surface area contributed by atoms with Gasteiger partial charge in [-0.2, -0.15) is 5.26 Å². The Balaban J connectivity index is 1.14. The van der Waals surface area contributed by atoms with Crippen molar-refractivity contribution >= 4 is 17.4 Å². The van der Waals surface area contributed by atoms with Gasteiger partial charge in [0.15, 0.2) is 0 Å². The van der Waals surface area contributed by atoms with Crippen LogP contribution in [0.4, 0.5) is 8.78 Å². The summed E-state index contributed by atoms with van der Waals surface area (Å²) in [6.07, 6.45) is 8.97. The Morgan fingerprint density at radius 1 is 1.13 bits per heavy atom. The molecule has 3 aliphatic rings. The monoisotopic (exact) mass is 534 g/mol. The van der Waals surface area contributed by atoms with Gasteiger partial charge in [-0.1, -0.05) is 29.8 Å². The lowest BCUT2D eigenvalue weighted by atomic mass is 9.86. The van der Waals surface area contributed by atoms with E-state index in [2.05, 4.69) is 20.5 Å². The molecule has 3 heterocycles. The van der Waals surface area contributed by atoms with Crippen LogP contribution in [0.15, 0.2) is 54.9 Å². The van der Waals surface area contributed by atoms with E-state index in [4.69, 9.17) is 21.6 Å². The van der Waals surface area contributed by atoms with Crippen LogP contribution in [0.3, 0.4) is 0 Å². The topological polar surface area (TPSA) is 54.1 Å². The predicted molar refractivity (Wildman–Crippen MR) is 142 cm³/mol. The standard InChI is InChI=1S/C30H29ClF2N4O/c31-21-4-5-23(25(32)16-21)27-17-26(33)24-3-1-2-22(29(24)38-27)20-6-13-36(14-7-20)18-28-35-12-15-37(28)19-30(8-9-30)10-11-34/h1-5,12,15-17,20,27H,6-10,13-14,18-19H2/t27-/m1/s1. The number of aromatic nitrogens is 2. The Hall–Kier alpha value is -3.21. The minimum atomic E-state index is -0.851. The zero-order valence-corrected chi connectivity index (χ0v) is 21.8. The van der Waals surface area contributed by atoms with Crippen molar-refractivity contribution in [2.24, 2.45) is 5.41 Å². The van der Waals surface area contributed by atoms with E-state index in [1.807, 2.05) is 24.5 Å². The summed E-state index contributed by atoms with van der Waals surface area (Å²) in [5.41, 5.74) is 1.78. The molecular formula is C30H29ClF2N4O. The van der Waals surface area contributed by atoms with E-state index in [9.17, 15) is 4.39 Å². The van der Waals surface area contributed by atoms with E-state index in [-0.39, 0.29) is 21.9 Å². The van der Waals surface area contributed by atoms with Crippen LogP contribution in [0.5, 0.6) is 5.75 Å². The molecule has 1 saturated heterocycles. The first-order valence-corrected chi connectivity index (χ1v) is 13.5. The lowest BCUT2D eigenvalue weighted by molar-refractivity contribution is 0.191. The van der Waals surface area contributed by atoms with Gasteiger partial charge in [-0.15, -0.1) is 0 Å². The number of hydrogen-bond acceptors (Lipinski definition) is 4. The SMILES string of the molecule is N#CCC1(Cn2ccnc2CN2CCC(c3cccc4c3O[C@@H](c3ccc(Cl)cc3F)C=C4F)CC2)CC1. The maximum absolute atomic E-state index is 15.1. The maximum atomic E-state index is 15.1. The van der Waals surface area contributed by atoms with Crippen LogP contribution in [0.1, 0.15) is 66.6 Å². The molecule has 0 spiro atoms. The van der Waals surface area contributed by atoms with Gasteiger partial charge in [-0.25, -0.2) is 13.8 Å². The molecule has 0 radical (unpaired) electrons. The predicted octanol–water partition coefficient (Wildman–Crippen LogP) is 7.19. The second-order valence-electron chi connectivity index (χ2n) is 10.8. The zero-order chi connectivity index (χ0) is 26.3. The number of hydrogen-bond donors (Lipinski definition) is 0. The summed E-state index contributed by atoms with van der Waals surface area (Å²) in [6.45, 7) is 3.39. The number of ether oxygens (including phenoxy) is 1. The molecular weight excluding hydrogens is 506 g/mol. The average molecular weight is 535 g/mol. The van der Waals surface area contributed by atoms with Gasteiger partial charge in [0.05, 0.1) is 18.2 Å². The molecule has 3 aromatic rings. The third-order valence-electron chi connectivity index (χ3n) is 8.23. The van der Waals surface area contributed by atoms with Gasteiger partial charge in [-0.05, 0) is 74.5 Å². The second-order valence-corrected chi connectivity index (χ2v) is 11.2. The average Bonchev–Trinajstić information content (AvgIpc) is 3.53. The van der Waals surface area contributed by atoms with Gasteiger partial charge in [-0.3, -0.25) is 4.90 Å². The number of imidazole rings is 1. The molecule has 1 aliphatic carbocycles. The summed E-state index contributed by atoms with van der Waals surface area (Å²) >= 11 is 5.91. The lowest BCUT2D eigenvalue weighted by Gasteiger charge is -2.34. The minimum Gasteiger partial charge on any atom is -0.480 e. The Kier molecular flexibility index (Phi) is 6.71. The van der Waals surface area contributed by atoms with Crippen molar-refractivity contribution in [3.8, 4) is 11.8 Å². The summed E-state index contributed by atoms with van der Waals surface area (Å²) < 4.78 is 38.2. The first-order valence-electron chi connectivity index (χ1n) is 13.2. The number of likely N-dealkylation sites (tertiary alicyclic amines) is 1. The van der Waals surface area contributed by atoms with Crippen molar-refractivity contribution in [3.05, 3.63) is 88.2 Å². The van der Waals surface area contributed by atoms with E-state index in [1.165, 1.54) is 12.1 Å². The number of nitrogens with zero attached hydrogens (tertiary/aromatic N) is 4. The number of benzene rings is 2. The molecule has 0 bridgehead atoms. The van der Waals surface area contributed by atoms with Crippen molar-refractivity contribution in [1.29, 1.82) is 5.26 Å². The highest BCUT2D eigenvalue weighted by atomic mass is 35.5. The molecule has 5 nitrogen and oxygen atoms in total. The summed E-state index contributed by atoms with van der Waals surface area (Å²) in [5, 5.41) is 9.45. The normalized spacial score (nSPS) is 20.8. The van der Waals surface area contributed by atoms with Crippen LogP contribution in [0.2, 0.25) is 5.02 Å². The second kappa shape index (κ2) is 10.2. The highest BCUT2D eigenvalue weighted by molar-refractivity contribution is 6.30. The Morgan fingerprint density at radius 3 is 2.68 bits per heavy atom. The van der Waals surface area contributed by atoms with E-state index in [0.29, 0.717) is 17.7 Å². The summed E-state index contributed by atoms with van der Waals surface area (Å²) in [6, 6.07) is 12.3. The Morgan fingerprint density at radius 2 is 1.95 bits per heavy atom. The largest absolute Gasteiger partial charge is 0.480 e. The van der Waals surface area contributed by atoms with E-state index in [1.54, 1.807) is 18.2 Å². The van der Waals surface area contributed by atoms with Crippen molar-refractivity contribution < 1.29 is 13.5 Å². The maximum Gasteiger partial charge on any atom is 0.148 e. The van der Waals surface area contributed by atoms with E-state index in [0.717, 1.165) is 63.3 Å². The first kappa shape index (κ1) is 25.1. The molecule has 0 amide bonds. The summed E-state index contributed by atoms with van der Waals surface area (Å²) in [7, 11) is 0. The number of piperidine rings is 1. The Bertz CT molecular complexity index is 1420. The smallest absolute Gasteiger partial charge is 0.148 e. The van der Waals surface area contributed by atoms with Crippen LogP contribution in [0.25, 0.3) is 5.83 Å². The molecule has 0 N–H and O–H groups in total. The molecule has 1 saturated carbocycles. The molecule has 1 atom stereocenters. The molecule has 2 fully saturated rings. The lowest BCUT2D eigenvalue weighted by Crippen LogP contribution is -2.34. The molecule has 1 aromatic heterocycles. The minimum absolute atomic E-state index is 0.125. The molecule has 2 aliphatic heterocycles. The summed E-state index contributed by atoms with van der Waals surface area (Å²) in [4.78, 5) is 7.01. The highest BCUT2D eigenvalue weighted by Gasteiger charge is 2.43. The van der Waals surface area contributed by atoms with E-state index < -0.39 is 17.7 Å². The fraction of sp³-hybridized carbons (Fsp3) is 0.400. The third-order valence-corrected chi connectivity index (χ3v) is 8.46. The fourth-order valence-electron chi connectivity index (χ4n) is 5.80. The van der Waals surface area contributed by atoms with Crippen LogP contribution in [-0.2, 0) is 13.1 Å². The number of fused-ring (bicyclic) bond motifs is 1. The first-order chi connectivity index (χ1) is 18.4. The van der Waals surface area contributed by atoms with Crippen molar-refractivity contribution in [1.82, 2.24) is 14.5 Å². The van der Waals surface area contributed by atoms with Gasteiger partial charge in [0.2, 0.25) is 0 Å². The summed E-state index contributed by atoms with van der Waals surface area (Å²) in [5.74, 6) is 0.843. The molecule has 6 rings (SSSR count). The van der Waals surface area contributed by atoms with Gasteiger partial charge < -0.3 is 9.30 Å². The number of nitriles is 1. The van der Waals surface area contributed by atoms with Crippen LogP contribution in [0, 0.1) is 22.6 Å². The number of para-hydroxylation sites is 1. The van der Waals surface area contributed by atoms with Crippen molar-refractivity contribution in [2.75, 3.05) is 13.1 Å². The molecule has 38 heavy (non-hydrogen) atoms. The van der Waals surface area contributed by atoms with Crippen molar-refractivity contribution in [2.45, 2.75) is 57.2 Å². The highest BCUT2D eigenvalue weighted by Crippen LogP contribution is 2.50. The third kappa shape index (κ3) is 4.95. The van der Waals surface area contributed by atoms with Gasteiger partial charge in [0.1, 0.15) is 29.3 Å². The van der Waals surface area contributed by atoms with Crippen molar-refractivity contribution in [3.63, 3.8) is 0 Å². The van der Waals surface area contributed by atoms with Crippen LogP contribution < -0.4 is 4.74 Å². The van der Waals surface area contributed by atoms with E-state index >= 15 is 4.39 Å². The fourth-order valence-corrected chi connectivity index (χ4v) is 5.96.